The minimum absolute atomic E-state index is 1.01. The molecule has 0 amide bonds. The normalized spacial score (nSPS) is 16.1. The highest BCUT2D eigenvalue weighted by Gasteiger charge is 2.69. The highest BCUT2D eigenvalue weighted by atomic mass is 19.4. The van der Waals surface area contributed by atoms with Crippen LogP contribution in [0.3, 0.4) is 0 Å². The van der Waals surface area contributed by atoms with E-state index in [-0.39, 0.29) is 0 Å². The first-order valence-corrected chi connectivity index (χ1v) is 3.91. The Morgan fingerprint density at radius 1 is 0.833 bits per heavy atom. The van der Waals surface area contributed by atoms with E-state index in [0.717, 1.165) is 0 Å². The Balaban J connectivity index is 5.34. The highest BCUT2D eigenvalue weighted by molar-refractivity contribution is 5.06. The minimum atomic E-state index is -6.30. The van der Waals surface area contributed by atoms with Crippen molar-refractivity contribution < 1.29 is 49.0 Å². The molecule has 0 aromatic heterocycles. The van der Waals surface area contributed by atoms with E-state index >= 15 is 0 Å². The Morgan fingerprint density at radius 2 is 1.17 bits per heavy atom. The molecule has 0 spiro atoms. The van der Waals surface area contributed by atoms with Gasteiger partial charge in [-0.05, 0) is 6.08 Å². The Bertz CT molecular complexity index is 305. The van der Waals surface area contributed by atoms with Gasteiger partial charge in [-0.25, -0.2) is 4.39 Å². The van der Waals surface area contributed by atoms with E-state index in [1.807, 2.05) is 0 Å². The van der Waals surface area contributed by atoms with Crippen LogP contribution in [0, 0.1) is 0 Å². The van der Waals surface area contributed by atoms with E-state index in [1.165, 1.54) is 0 Å². The zero-order valence-electron chi connectivity index (χ0n) is 8.01. The van der Waals surface area contributed by atoms with Crippen LogP contribution in [0.1, 0.15) is 6.42 Å². The number of alkyl halides is 9. The van der Waals surface area contributed by atoms with Gasteiger partial charge in [0.15, 0.2) is 5.83 Å². The topological polar surface area (TPSA) is 20.2 Å². The molecule has 108 valence electrons. The van der Waals surface area contributed by atoms with Crippen molar-refractivity contribution in [3.8, 4) is 0 Å². The van der Waals surface area contributed by atoms with Crippen LogP contribution < -0.4 is 0 Å². The highest BCUT2D eigenvalue weighted by Crippen LogP contribution is 2.46. The van der Waals surface area contributed by atoms with Gasteiger partial charge in [0.05, 0.1) is 0 Å². The molecule has 0 aliphatic rings. The van der Waals surface area contributed by atoms with Gasteiger partial charge in [0, 0.05) is 6.42 Å². The summed E-state index contributed by atoms with van der Waals surface area (Å²) in [5, 5.41) is 8.37. The van der Waals surface area contributed by atoms with Crippen molar-refractivity contribution in [2.75, 3.05) is 0 Å². The van der Waals surface area contributed by atoms with Crippen LogP contribution in [0.4, 0.5) is 43.9 Å². The van der Waals surface area contributed by atoms with Crippen LogP contribution in [-0.4, -0.2) is 29.2 Å². The molecule has 0 atom stereocenters. The van der Waals surface area contributed by atoms with Gasteiger partial charge in [-0.2, -0.15) is 39.5 Å². The lowest BCUT2D eigenvalue weighted by atomic mass is 9.98. The molecule has 0 unspecified atom stereocenters. The second-order valence-corrected chi connectivity index (χ2v) is 3.11. The Hall–Kier alpha value is -1.00. The third-order valence-corrected chi connectivity index (χ3v) is 1.79. The molecule has 0 saturated heterocycles. The molecule has 0 saturated carbocycles. The van der Waals surface area contributed by atoms with E-state index in [1.54, 1.807) is 0 Å². The summed E-state index contributed by atoms with van der Waals surface area (Å²) < 4.78 is 118. The molecule has 1 nitrogen and oxygen atoms in total. The van der Waals surface area contributed by atoms with Crippen LogP contribution in [0.2, 0.25) is 0 Å². The lowest BCUT2D eigenvalue weighted by Crippen LogP contribution is -2.56. The number of allylic oxidation sites excluding steroid dienone is 1. The summed E-state index contributed by atoms with van der Waals surface area (Å²) in [5.41, 5.74) is -5.44. The molecule has 0 aromatic rings. The summed E-state index contributed by atoms with van der Waals surface area (Å²) >= 11 is 0. The van der Waals surface area contributed by atoms with Crippen molar-refractivity contribution in [1.82, 2.24) is 0 Å². The summed E-state index contributed by atoms with van der Waals surface area (Å²) in [4.78, 5) is 0. The summed E-state index contributed by atoms with van der Waals surface area (Å²) in [6.45, 7) is 0. The summed E-state index contributed by atoms with van der Waals surface area (Å²) in [7, 11) is 0. The first kappa shape index (κ1) is 17.0. The first-order chi connectivity index (χ1) is 7.63. The third-order valence-electron chi connectivity index (χ3n) is 1.79. The Kier molecular flexibility index (Phi) is 4.34. The lowest BCUT2D eigenvalue weighted by Gasteiger charge is -2.31. The summed E-state index contributed by atoms with van der Waals surface area (Å²) in [5.74, 6) is -3.16. The average Bonchev–Trinajstić information content (AvgIpc) is 2.07. The second-order valence-electron chi connectivity index (χ2n) is 3.11. The fraction of sp³-hybridized carbons (Fsp3) is 0.714. The maximum Gasteiger partial charge on any atom is 0.442 e. The van der Waals surface area contributed by atoms with Crippen molar-refractivity contribution in [3.63, 3.8) is 0 Å². The molecule has 0 radical (unpaired) electrons. The molecule has 11 heteroatoms. The number of halogens is 10. The van der Waals surface area contributed by atoms with E-state index in [4.69, 9.17) is 5.11 Å². The molecule has 18 heavy (non-hydrogen) atoms. The van der Waals surface area contributed by atoms with Crippen molar-refractivity contribution in [1.29, 1.82) is 0 Å². The summed E-state index contributed by atoms with van der Waals surface area (Å²) in [6, 6.07) is 0. The monoisotopic (exact) mass is 294 g/mol. The van der Waals surface area contributed by atoms with E-state index < -0.39 is 42.5 Å². The van der Waals surface area contributed by atoms with Crippen LogP contribution >= 0.6 is 0 Å². The fourth-order valence-corrected chi connectivity index (χ4v) is 0.745. The lowest BCUT2D eigenvalue weighted by molar-refractivity contribution is -0.366. The molecule has 1 N–H and O–H groups in total. The predicted octanol–water partition coefficient (Wildman–Crippen LogP) is 3.65. The quantitative estimate of drug-likeness (QED) is 0.771. The SMILES string of the molecule is OC(C/C=C(\F)C(F)(F)F)(C(F)(F)F)C(F)(F)F. The molecule has 0 aliphatic heterocycles. The van der Waals surface area contributed by atoms with Gasteiger partial charge >= 0.3 is 18.5 Å². The molecule has 0 aliphatic carbocycles. The molecule has 0 rings (SSSR count). The van der Waals surface area contributed by atoms with Crippen LogP contribution in [0.15, 0.2) is 11.9 Å². The largest absolute Gasteiger partial charge is 0.442 e. The molecular weight excluding hydrogens is 290 g/mol. The van der Waals surface area contributed by atoms with E-state index in [9.17, 15) is 43.9 Å². The standard InChI is InChI=1S/C7H4F10O/c8-3(5(9,10)11)1-2-4(18,6(12,13)14)7(15,16)17/h1,18H,2H2/b3-1-. The zero-order valence-corrected chi connectivity index (χ0v) is 8.01. The molecule has 0 heterocycles. The van der Waals surface area contributed by atoms with Crippen molar-refractivity contribution in [2.45, 2.75) is 30.6 Å². The predicted molar refractivity (Wildman–Crippen MR) is 36.9 cm³/mol. The van der Waals surface area contributed by atoms with Gasteiger partial charge in [0.2, 0.25) is 0 Å². The fourth-order valence-electron chi connectivity index (χ4n) is 0.745. The molecule has 0 bridgehead atoms. The van der Waals surface area contributed by atoms with Crippen molar-refractivity contribution >= 4 is 0 Å². The van der Waals surface area contributed by atoms with Gasteiger partial charge < -0.3 is 5.11 Å². The smallest absolute Gasteiger partial charge is 0.373 e. The zero-order chi connectivity index (χ0) is 15.0. The number of hydrogen-bond acceptors (Lipinski definition) is 1. The third kappa shape index (κ3) is 3.50. The average molecular weight is 294 g/mol. The number of rotatable bonds is 2. The van der Waals surface area contributed by atoms with E-state index in [0.29, 0.717) is 0 Å². The van der Waals surface area contributed by atoms with Crippen molar-refractivity contribution in [2.24, 2.45) is 0 Å². The van der Waals surface area contributed by atoms with Crippen molar-refractivity contribution in [3.05, 3.63) is 11.9 Å². The van der Waals surface area contributed by atoms with Gasteiger partial charge in [0.1, 0.15) is 0 Å². The van der Waals surface area contributed by atoms with Crippen LogP contribution in [-0.2, 0) is 0 Å². The number of aliphatic hydroxyl groups is 1. The molecule has 0 fully saturated rings. The second kappa shape index (κ2) is 4.59. The van der Waals surface area contributed by atoms with Gasteiger partial charge in [-0.3, -0.25) is 0 Å². The van der Waals surface area contributed by atoms with Gasteiger partial charge in [-0.15, -0.1) is 0 Å². The Morgan fingerprint density at radius 3 is 1.39 bits per heavy atom. The molecule has 0 aromatic carbocycles. The maximum absolute atomic E-state index is 12.1. The van der Waals surface area contributed by atoms with Gasteiger partial charge in [-0.1, -0.05) is 0 Å². The van der Waals surface area contributed by atoms with Gasteiger partial charge in [0.25, 0.3) is 5.60 Å². The van der Waals surface area contributed by atoms with E-state index in [2.05, 4.69) is 0 Å². The first-order valence-electron chi connectivity index (χ1n) is 3.91. The summed E-state index contributed by atoms with van der Waals surface area (Å²) in [6.07, 6.45) is -22.0. The van der Waals surface area contributed by atoms with Crippen LogP contribution in [0.25, 0.3) is 0 Å². The maximum atomic E-state index is 12.1. The number of hydrogen-bond donors (Lipinski definition) is 1. The van der Waals surface area contributed by atoms with Crippen LogP contribution in [0.5, 0.6) is 0 Å². The Labute approximate surface area is 92.7 Å². The minimum Gasteiger partial charge on any atom is -0.373 e. The molecular formula is C7H4F10O.